The minimum absolute atomic E-state index is 0.0219. The Morgan fingerprint density at radius 3 is 2.74 bits per heavy atom. The van der Waals surface area contributed by atoms with E-state index >= 15 is 0 Å². The van der Waals surface area contributed by atoms with Crippen LogP contribution >= 0.6 is 15.9 Å². The first-order valence-corrected chi connectivity index (χ1v) is 10.1. The first-order chi connectivity index (χ1) is 13.0. The zero-order chi connectivity index (χ0) is 19.0. The molecule has 3 unspecified atom stereocenters. The fourth-order valence-electron chi connectivity index (χ4n) is 4.50. The van der Waals surface area contributed by atoms with Gasteiger partial charge in [0, 0.05) is 17.6 Å². The SMILES string of the molecule is Nc1cc(Br)ccc1NCC1CC2(CC2Cc2ccccc2)CN1C(=O)O. The molecule has 4 N–H and O–H groups in total. The summed E-state index contributed by atoms with van der Waals surface area (Å²) in [4.78, 5) is 13.4. The minimum Gasteiger partial charge on any atom is -0.465 e. The molecular formula is C21H24BrN3O2. The van der Waals surface area contributed by atoms with E-state index in [9.17, 15) is 9.90 Å². The topological polar surface area (TPSA) is 78.6 Å². The Hall–Kier alpha value is -2.21. The molecule has 0 bridgehead atoms. The molecule has 1 aliphatic carbocycles. The van der Waals surface area contributed by atoms with Crippen molar-refractivity contribution in [2.24, 2.45) is 11.3 Å². The number of nitrogens with zero attached hydrogens (tertiary/aromatic N) is 1. The number of amides is 1. The third kappa shape index (κ3) is 3.76. The van der Waals surface area contributed by atoms with Crippen LogP contribution in [0.5, 0.6) is 0 Å². The van der Waals surface area contributed by atoms with Gasteiger partial charge in [-0.1, -0.05) is 46.3 Å². The van der Waals surface area contributed by atoms with Gasteiger partial charge >= 0.3 is 6.09 Å². The standard InChI is InChI=1S/C21H24BrN3O2/c22-16-6-7-19(18(23)9-16)24-12-17-11-21(13-25(17)20(26)27)10-15(21)8-14-4-2-1-3-5-14/h1-7,9,15,17,24H,8,10-13,23H2,(H,26,27). The van der Waals surface area contributed by atoms with Crippen molar-refractivity contribution in [3.63, 3.8) is 0 Å². The van der Waals surface area contributed by atoms with E-state index in [1.165, 1.54) is 5.56 Å². The van der Waals surface area contributed by atoms with Crippen molar-refractivity contribution in [3.05, 3.63) is 58.6 Å². The lowest BCUT2D eigenvalue weighted by atomic mass is 9.96. The smallest absolute Gasteiger partial charge is 0.407 e. The lowest BCUT2D eigenvalue weighted by molar-refractivity contribution is 0.140. The van der Waals surface area contributed by atoms with Crippen LogP contribution in [0.4, 0.5) is 16.2 Å². The molecule has 1 heterocycles. The van der Waals surface area contributed by atoms with Crippen LogP contribution in [0.15, 0.2) is 53.0 Å². The summed E-state index contributed by atoms with van der Waals surface area (Å²) < 4.78 is 0.930. The van der Waals surface area contributed by atoms with E-state index in [4.69, 9.17) is 5.73 Å². The molecule has 3 atom stereocenters. The summed E-state index contributed by atoms with van der Waals surface area (Å²) >= 11 is 3.41. The molecule has 0 radical (unpaired) electrons. The highest BCUT2D eigenvalue weighted by atomic mass is 79.9. The molecule has 142 valence electrons. The Kier molecular flexibility index (Phi) is 4.76. The first kappa shape index (κ1) is 18.2. The number of carboxylic acid groups (broad SMARTS) is 1. The van der Waals surface area contributed by atoms with Crippen LogP contribution in [0, 0.1) is 11.3 Å². The number of nitrogen functional groups attached to an aromatic ring is 1. The van der Waals surface area contributed by atoms with Crippen LogP contribution in [0.1, 0.15) is 18.4 Å². The Balaban J connectivity index is 1.41. The van der Waals surface area contributed by atoms with E-state index in [1.807, 2.05) is 24.3 Å². The molecule has 2 aromatic rings. The highest BCUT2D eigenvalue weighted by Crippen LogP contribution is 2.61. The summed E-state index contributed by atoms with van der Waals surface area (Å²) in [7, 11) is 0. The summed E-state index contributed by atoms with van der Waals surface area (Å²) in [6.07, 6.45) is 2.24. The van der Waals surface area contributed by atoms with Crippen LogP contribution < -0.4 is 11.1 Å². The van der Waals surface area contributed by atoms with Crippen molar-refractivity contribution in [2.45, 2.75) is 25.3 Å². The number of nitrogens with one attached hydrogen (secondary N) is 1. The molecule has 1 saturated heterocycles. The van der Waals surface area contributed by atoms with Gasteiger partial charge in [0.2, 0.25) is 0 Å². The highest BCUT2D eigenvalue weighted by molar-refractivity contribution is 9.10. The normalized spacial score (nSPS) is 26.3. The van der Waals surface area contributed by atoms with Crippen molar-refractivity contribution in [1.82, 2.24) is 4.90 Å². The van der Waals surface area contributed by atoms with Crippen LogP contribution in [0.25, 0.3) is 0 Å². The highest BCUT2D eigenvalue weighted by Gasteiger charge is 2.60. The number of likely N-dealkylation sites (tertiary alicyclic amines) is 1. The van der Waals surface area contributed by atoms with E-state index in [0.29, 0.717) is 24.7 Å². The predicted octanol–water partition coefficient (Wildman–Crippen LogP) is 4.44. The number of benzene rings is 2. The largest absolute Gasteiger partial charge is 0.465 e. The molecule has 6 heteroatoms. The van der Waals surface area contributed by atoms with Crippen LogP contribution in [0.3, 0.4) is 0 Å². The van der Waals surface area contributed by atoms with Crippen molar-refractivity contribution < 1.29 is 9.90 Å². The molecule has 2 aliphatic rings. The number of nitrogens with two attached hydrogens (primary N) is 1. The first-order valence-electron chi connectivity index (χ1n) is 9.29. The van der Waals surface area contributed by atoms with E-state index < -0.39 is 6.09 Å². The van der Waals surface area contributed by atoms with Gasteiger partial charge in [0.05, 0.1) is 17.4 Å². The number of carbonyl (C=O) groups is 1. The zero-order valence-corrected chi connectivity index (χ0v) is 16.7. The predicted molar refractivity (Wildman–Crippen MR) is 111 cm³/mol. The number of hydrogen-bond acceptors (Lipinski definition) is 3. The maximum atomic E-state index is 11.8. The quantitative estimate of drug-likeness (QED) is 0.613. The summed E-state index contributed by atoms with van der Waals surface area (Å²) in [5.41, 5.74) is 9.04. The van der Waals surface area contributed by atoms with Gasteiger partial charge in [-0.3, -0.25) is 0 Å². The molecule has 1 amide bonds. The summed E-state index contributed by atoms with van der Waals surface area (Å²) in [6, 6.07) is 16.2. The van der Waals surface area contributed by atoms with Crippen LogP contribution in [-0.2, 0) is 6.42 Å². The second kappa shape index (κ2) is 7.08. The van der Waals surface area contributed by atoms with Gasteiger partial charge in [0.15, 0.2) is 0 Å². The van der Waals surface area contributed by atoms with E-state index in [1.54, 1.807) is 4.90 Å². The average molecular weight is 430 g/mol. The molecule has 0 aromatic heterocycles. The fraction of sp³-hybridized carbons (Fsp3) is 0.381. The maximum absolute atomic E-state index is 11.8. The van der Waals surface area contributed by atoms with Crippen LogP contribution in [-0.4, -0.2) is 35.2 Å². The van der Waals surface area contributed by atoms with Crippen LogP contribution in [0.2, 0.25) is 0 Å². The summed E-state index contributed by atoms with van der Waals surface area (Å²) in [6.45, 7) is 1.22. The number of hydrogen-bond donors (Lipinski definition) is 3. The van der Waals surface area contributed by atoms with E-state index in [0.717, 1.165) is 29.4 Å². The van der Waals surface area contributed by atoms with Gasteiger partial charge in [-0.05, 0) is 54.4 Å². The lowest BCUT2D eigenvalue weighted by Crippen LogP contribution is -2.38. The van der Waals surface area contributed by atoms with Crippen molar-refractivity contribution >= 4 is 33.4 Å². The summed E-state index contributed by atoms with van der Waals surface area (Å²) in [5, 5.41) is 13.0. The molecule has 27 heavy (non-hydrogen) atoms. The lowest BCUT2D eigenvalue weighted by Gasteiger charge is -2.22. The van der Waals surface area contributed by atoms with Gasteiger partial charge in [0.25, 0.3) is 0 Å². The van der Waals surface area contributed by atoms with Gasteiger partial charge in [-0.2, -0.15) is 0 Å². The number of anilines is 2. The number of halogens is 1. The molecule has 1 saturated carbocycles. The summed E-state index contributed by atoms with van der Waals surface area (Å²) in [5.74, 6) is 0.574. The second-order valence-electron chi connectivity index (χ2n) is 7.83. The maximum Gasteiger partial charge on any atom is 0.407 e. The molecule has 2 fully saturated rings. The third-order valence-electron chi connectivity index (χ3n) is 6.04. The van der Waals surface area contributed by atoms with Gasteiger partial charge in [-0.25, -0.2) is 4.79 Å². The van der Waals surface area contributed by atoms with Gasteiger partial charge in [0.1, 0.15) is 0 Å². The molecule has 5 nitrogen and oxygen atoms in total. The monoisotopic (exact) mass is 429 g/mol. The van der Waals surface area contributed by atoms with Crippen molar-refractivity contribution in [2.75, 3.05) is 24.1 Å². The molecular weight excluding hydrogens is 406 g/mol. The second-order valence-corrected chi connectivity index (χ2v) is 8.75. The van der Waals surface area contributed by atoms with Gasteiger partial charge in [-0.15, -0.1) is 0 Å². The molecule has 2 aromatic carbocycles. The molecule has 4 rings (SSSR count). The Morgan fingerprint density at radius 1 is 1.26 bits per heavy atom. The number of rotatable bonds is 5. The average Bonchev–Trinajstić information content (AvgIpc) is 3.14. The van der Waals surface area contributed by atoms with Gasteiger partial charge < -0.3 is 21.1 Å². The fourth-order valence-corrected chi connectivity index (χ4v) is 4.88. The zero-order valence-electron chi connectivity index (χ0n) is 15.1. The van der Waals surface area contributed by atoms with Crippen molar-refractivity contribution in [1.29, 1.82) is 0 Å². The Morgan fingerprint density at radius 2 is 2.04 bits per heavy atom. The minimum atomic E-state index is -0.826. The molecule has 1 spiro atoms. The van der Waals surface area contributed by atoms with E-state index in [-0.39, 0.29) is 11.5 Å². The van der Waals surface area contributed by atoms with E-state index in [2.05, 4.69) is 45.5 Å². The third-order valence-corrected chi connectivity index (χ3v) is 6.53. The Bertz CT molecular complexity index is 845. The molecule has 1 aliphatic heterocycles. The van der Waals surface area contributed by atoms with Crippen molar-refractivity contribution in [3.8, 4) is 0 Å². The Labute approximate surface area is 167 Å².